The lowest BCUT2D eigenvalue weighted by Crippen LogP contribution is -2.23. The Hall–Kier alpha value is -0.490. The van der Waals surface area contributed by atoms with Crippen LogP contribution < -0.4 is 0 Å². The quantitative estimate of drug-likeness (QED) is 0.823. The molecule has 4 nitrogen and oxygen atoms in total. The first-order valence-electron chi connectivity index (χ1n) is 5.77. The molecule has 1 saturated heterocycles. The Morgan fingerprint density at radius 1 is 1.31 bits per heavy atom. The average molecular weight is 257 g/mol. The van der Waals surface area contributed by atoms with Crippen molar-refractivity contribution in [3.05, 3.63) is 10.6 Å². The highest BCUT2D eigenvalue weighted by molar-refractivity contribution is 7.85. The number of aromatic amines is 1. The second-order valence-electron chi connectivity index (χ2n) is 4.61. The highest BCUT2D eigenvalue weighted by atomic mass is 32.2. The zero-order valence-corrected chi connectivity index (χ0v) is 10.6. The molecule has 0 aromatic carbocycles. The van der Waals surface area contributed by atoms with E-state index in [2.05, 4.69) is 14.8 Å². The Kier molecular flexibility index (Phi) is 2.71. The maximum Gasteiger partial charge on any atom is 0.195 e. The van der Waals surface area contributed by atoms with Crippen LogP contribution in [0.15, 0.2) is 0 Å². The zero-order valence-electron chi connectivity index (χ0n) is 9.02. The highest BCUT2D eigenvalue weighted by Gasteiger charge is 2.32. The Bertz CT molecular complexity index is 465. The second-order valence-corrected chi connectivity index (χ2v) is 6.69. The fraction of sp³-hybridized carbons (Fsp3) is 0.800. The third-order valence-corrected chi connectivity index (χ3v) is 5.07. The van der Waals surface area contributed by atoms with Crippen molar-refractivity contribution in [2.45, 2.75) is 37.6 Å². The van der Waals surface area contributed by atoms with Gasteiger partial charge in [-0.05, 0) is 37.9 Å². The van der Waals surface area contributed by atoms with Gasteiger partial charge in [0.05, 0.1) is 0 Å². The molecule has 0 amide bonds. The lowest BCUT2D eigenvalue weighted by Gasteiger charge is -2.23. The van der Waals surface area contributed by atoms with E-state index in [1.165, 1.54) is 12.8 Å². The normalized spacial score (nSPS) is 30.5. The molecule has 6 heteroatoms. The summed E-state index contributed by atoms with van der Waals surface area (Å²) in [5.74, 6) is 3.35. The molecular formula is C10H15N3OS2. The van der Waals surface area contributed by atoms with Gasteiger partial charge in [0, 0.05) is 34.3 Å². The van der Waals surface area contributed by atoms with Crippen molar-refractivity contribution in [3.63, 3.8) is 0 Å². The van der Waals surface area contributed by atoms with E-state index in [-0.39, 0.29) is 0 Å². The molecule has 0 unspecified atom stereocenters. The van der Waals surface area contributed by atoms with Crippen LogP contribution in [0, 0.1) is 4.77 Å². The minimum atomic E-state index is -0.609. The molecule has 0 bridgehead atoms. The van der Waals surface area contributed by atoms with Gasteiger partial charge in [0.15, 0.2) is 4.77 Å². The smallest absolute Gasteiger partial charge is 0.195 e. The maximum absolute atomic E-state index is 11.3. The monoisotopic (exact) mass is 257 g/mol. The summed E-state index contributed by atoms with van der Waals surface area (Å²) in [5, 5.41) is 7.25. The van der Waals surface area contributed by atoms with Crippen LogP contribution in [-0.4, -0.2) is 30.5 Å². The van der Waals surface area contributed by atoms with E-state index < -0.39 is 10.8 Å². The largest absolute Gasteiger partial charge is 0.301 e. The number of nitrogens with one attached hydrogen (secondary N) is 1. The molecule has 1 aliphatic heterocycles. The van der Waals surface area contributed by atoms with Crippen LogP contribution in [0.2, 0.25) is 0 Å². The lowest BCUT2D eigenvalue weighted by atomic mass is 10.1. The van der Waals surface area contributed by atoms with Gasteiger partial charge in [-0.3, -0.25) is 9.31 Å². The number of hydrogen-bond donors (Lipinski definition) is 1. The lowest BCUT2D eigenvalue weighted by molar-refractivity contribution is 0.442. The number of rotatable bonds is 2. The Labute approximate surface area is 102 Å². The maximum atomic E-state index is 11.3. The predicted molar refractivity (Wildman–Crippen MR) is 65.5 cm³/mol. The molecule has 88 valence electrons. The Morgan fingerprint density at radius 3 is 2.62 bits per heavy atom. The standard InChI is InChI=1S/C10H15N3OS2/c14-16-5-3-8(4-6-16)13-9(7-1-2-7)11-12-10(13)15/h7-8H,1-6H2,(H,12,15). The SMILES string of the molecule is O=S1CCC(n2c(C3CC3)n[nH]c2=S)CC1. The van der Waals surface area contributed by atoms with Crippen molar-refractivity contribution in [2.75, 3.05) is 11.5 Å². The molecule has 3 rings (SSSR count). The van der Waals surface area contributed by atoms with Gasteiger partial charge in [0.2, 0.25) is 0 Å². The summed E-state index contributed by atoms with van der Waals surface area (Å²) in [5.41, 5.74) is 0. The van der Waals surface area contributed by atoms with Crippen molar-refractivity contribution in [1.29, 1.82) is 0 Å². The van der Waals surface area contributed by atoms with Gasteiger partial charge in [0.25, 0.3) is 0 Å². The van der Waals surface area contributed by atoms with Crippen LogP contribution in [0.3, 0.4) is 0 Å². The number of nitrogens with zero attached hydrogens (tertiary/aromatic N) is 2. The summed E-state index contributed by atoms with van der Waals surface area (Å²) in [7, 11) is -0.609. The van der Waals surface area contributed by atoms with Crippen LogP contribution in [0.25, 0.3) is 0 Å². The van der Waals surface area contributed by atoms with Gasteiger partial charge in [-0.25, -0.2) is 0 Å². The molecule has 1 saturated carbocycles. The van der Waals surface area contributed by atoms with E-state index in [1.54, 1.807) is 0 Å². The van der Waals surface area contributed by atoms with Gasteiger partial charge in [0.1, 0.15) is 5.82 Å². The molecular weight excluding hydrogens is 242 g/mol. The molecule has 1 aliphatic carbocycles. The van der Waals surface area contributed by atoms with Crippen molar-refractivity contribution in [2.24, 2.45) is 0 Å². The second kappa shape index (κ2) is 4.07. The number of aromatic nitrogens is 3. The fourth-order valence-corrected chi connectivity index (χ4v) is 3.90. The number of H-pyrrole nitrogens is 1. The van der Waals surface area contributed by atoms with Crippen LogP contribution in [0.5, 0.6) is 0 Å². The van der Waals surface area contributed by atoms with Crippen molar-refractivity contribution in [3.8, 4) is 0 Å². The molecule has 16 heavy (non-hydrogen) atoms. The fourth-order valence-electron chi connectivity index (χ4n) is 2.34. The molecule has 0 spiro atoms. The van der Waals surface area contributed by atoms with Crippen molar-refractivity contribution < 1.29 is 4.21 Å². The third-order valence-electron chi connectivity index (χ3n) is 3.40. The topological polar surface area (TPSA) is 50.7 Å². The van der Waals surface area contributed by atoms with Gasteiger partial charge in [-0.2, -0.15) is 5.10 Å². The zero-order chi connectivity index (χ0) is 11.1. The van der Waals surface area contributed by atoms with E-state index in [0.717, 1.165) is 34.9 Å². The van der Waals surface area contributed by atoms with Gasteiger partial charge >= 0.3 is 0 Å². The molecule has 2 fully saturated rings. The van der Waals surface area contributed by atoms with Crippen LogP contribution in [0.1, 0.15) is 43.5 Å². The van der Waals surface area contributed by atoms with Crippen molar-refractivity contribution >= 4 is 23.0 Å². The predicted octanol–water partition coefficient (Wildman–Crippen LogP) is 1.90. The first-order chi connectivity index (χ1) is 7.75. The first-order valence-corrected chi connectivity index (χ1v) is 7.67. The van der Waals surface area contributed by atoms with Gasteiger partial charge < -0.3 is 4.57 Å². The first kappa shape index (κ1) is 10.7. The Balaban J connectivity index is 1.90. The summed E-state index contributed by atoms with van der Waals surface area (Å²) in [4.78, 5) is 0. The summed E-state index contributed by atoms with van der Waals surface area (Å²) in [6.45, 7) is 0. The van der Waals surface area contributed by atoms with Crippen LogP contribution >= 0.6 is 12.2 Å². The van der Waals surface area contributed by atoms with E-state index in [0.29, 0.717) is 12.0 Å². The summed E-state index contributed by atoms with van der Waals surface area (Å²) < 4.78 is 14.3. The molecule has 0 radical (unpaired) electrons. The van der Waals surface area contributed by atoms with Crippen LogP contribution in [0.4, 0.5) is 0 Å². The molecule has 2 aliphatic rings. The van der Waals surface area contributed by atoms with Gasteiger partial charge in [-0.15, -0.1) is 0 Å². The molecule has 2 heterocycles. The third kappa shape index (κ3) is 1.88. The molecule has 1 aromatic rings. The minimum Gasteiger partial charge on any atom is -0.301 e. The molecule has 1 aromatic heterocycles. The van der Waals surface area contributed by atoms with E-state index in [1.807, 2.05) is 0 Å². The molecule has 1 N–H and O–H groups in total. The summed E-state index contributed by atoms with van der Waals surface area (Å²) in [6, 6.07) is 0.416. The Morgan fingerprint density at radius 2 is 2.00 bits per heavy atom. The van der Waals surface area contributed by atoms with E-state index in [9.17, 15) is 4.21 Å². The number of hydrogen-bond acceptors (Lipinski definition) is 3. The summed E-state index contributed by atoms with van der Waals surface area (Å²) >= 11 is 5.30. The minimum absolute atomic E-state index is 0.416. The summed E-state index contributed by atoms with van der Waals surface area (Å²) in [6.07, 6.45) is 4.41. The van der Waals surface area contributed by atoms with Crippen LogP contribution in [-0.2, 0) is 10.8 Å². The van der Waals surface area contributed by atoms with E-state index >= 15 is 0 Å². The van der Waals surface area contributed by atoms with E-state index in [4.69, 9.17) is 12.2 Å². The van der Waals surface area contributed by atoms with Gasteiger partial charge in [-0.1, -0.05) is 0 Å². The highest BCUT2D eigenvalue weighted by Crippen LogP contribution is 2.40. The molecule has 0 atom stereocenters. The average Bonchev–Trinajstić information content (AvgIpc) is 3.05. The van der Waals surface area contributed by atoms with Crippen molar-refractivity contribution in [1.82, 2.24) is 14.8 Å².